The van der Waals surface area contributed by atoms with Crippen molar-refractivity contribution in [2.24, 2.45) is 11.5 Å². The number of carbonyl (C=O) groups excluding carboxylic acids is 3. The van der Waals surface area contributed by atoms with Crippen molar-refractivity contribution in [3.8, 4) is 5.75 Å². The lowest BCUT2D eigenvalue weighted by atomic mass is 10.0. The number of nitrogens with one attached hydrogen (secondary N) is 1. The number of aromatic nitrogens is 2. The van der Waals surface area contributed by atoms with Gasteiger partial charge in [0, 0.05) is 11.5 Å². The Morgan fingerprint density at radius 3 is 2.62 bits per heavy atom. The molecule has 7 N–H and O–H groups in total. The second-order valence-corrected chi connectivity index (χ2v) is 9.28. The first-order valence-corrected chi connectivity index (χ1v) is 11.7. The van der Waals surface area contributed by atoms with Gasteiger partial charge in [-0.05, 0) is 23.3 Å². The molecule has 13 nitrogen and oxygen atoms in total. The van der Waals surface area contributed by atoms with Gasteiger partial charge in [0.1, 0.15) is 28.9 Å². The third kappa shape index (κ3) is 4.44. The fourth-order valence-corrected chi connectivity index (χ4v) is 5.64. The van der Waals surface area contributed by atoms with E-state index in [1.54, 1.807) is 0 Å². The van der Waals surface area contributed by atoms with Gasteiger partial charge in [0.25, 0.3) is 11.1 Å². The van der Waals surface area contributed by atoms with Crippen molar-refractivity contribution < 1.29 is 33.8 Å². The van der Waals surface area contributed by atoms with Crippen LogP contribution in [0.5, 0.6) is 5.75 Å². The molecule has 178 valence electrons. The second kappa shape index (κ2) is 9.36. The molecular weight excluding hydrogens is 488 g/mol. The van der Waals surface area contributed by atoms with E-state index in [0.717, 1.165) is 16.7 Å². The highest BCUT2D eigenvalue weighted by Gasteiger charge is 2.54. The van der Waals surface area contributed by atoms with Gasteiger partial charge in [-0.25, -0.2) is 4.79 Å². The van der Waals surface area contributed by atoms with Crippen LogP contribution in [0.1, 0.15) is 22.3 Å². The number of aromatic hydroxyl groups is 1. The number of hydrogen-bond donors (Lipinski definition) is 5. The lowest BCUT2D eigenvalue weighted by Crippen LogP contribution is -2.71. The molecule has 3 atom stereocenters. The highest BCUT2D eigenvalue weighted by atomic mass is 32.2. The van der Waals surface area contributed by atoms with E-state index in [4.69, 9.17) is 15.9 Å². The molecule has 0 bridgehead atoms. The largest absolute Gasteiger partial charge is 0.508 e. The topological polar surface area (TPSA) is 215 Å². The fraction of sp³-hybridized carbons (Fsp3) is 0.263. The first-order chi connectivity index (χ1) is 16.2. The van der Waals surface area contributed by atoms with Gasteiger partial charge in [0.15, 0.2) is 0 Å². The van der Waals surface area contributed by atoms with Crippen molar-refractivity contribution >= 4 is 47.2 Å². The molecule has 15 heteroatoms. The number of nitrogens with zero attached hydrogens (tertiary/aromatic N) is 3. The van der Waals surface area contributed by atoms with Crippen LogP contribution in [0, 0.1) is 0 Å². The summed E-state index contributed by atoms with van der Waals surface area (Å²) in [7, 11) is 0. The van der Waals surface area contributed by atoms with Crippen LogP contribution in [0.25, 0.3) is 0 Å². The number of aliphatic carboxylic acids is 1. The summed E-state index contributed by atoms with van der Waals surface area (Å²) in [5, 5.41) is 28.3. The summed E-state index contributed by atoms with van der Waals surface area (Å²) in [6, 6.07) is 3.77. The van der Waals surface area contributed by atoms with Gasteiger partial charge in [-0.15, -0.1) is 22.0 Å². The van der Waals surface area contributed by atoms with Gasteiger partial charge in [-0.2, -0.15) is 0 Å². The number of fused-ring (bicyclic) bond motifs is 1. The number of phenols is 1. The minimum atomic E-state index is -1.29. The van der Waals surface area contributed by atoms with E-state index in [-0.39, 0.29) is 34.1 Å². The highest BCUT2D eigenvalue weighted by Crippen LogP contribution is 2.41. The Kier molecular flexibility index (Phi) is 6.49. The smallest absolute Gasteiger partial charge is 0.352 e. The van der Waals surface area contributed by atoms with Crippen molar-refractivity contribution in [1.82, 2.24) is 20.4 Å². The first kappa shape index (κ1) is 23.6. The summed E-state index contributed by atoms with van der Waals surface area (Å²) in [6.45, 7) is 0. The normalized spacial score (nSPS) is 20.4. The van der Waals surface area contributed by atoms with Gasteiger partial charge in [-0.1, -0.05) is 23.9 Å². The first-order valence-electron chi connectivity index (χ1n) is 9.68. The van der Waals surface area contributed by atoms with Crippen LogP contribution in [0.15, 0.2) is 45.2 Å². The molecule has 0 aliphatic carbocycles. The van der Waals surface area contributed by atoms with E-state index in [9.17, 15) is 29.4 Å². The number of carboxylic acid groups (broad SMARTS) is 1. The monoisotopic (exact) mass is 506 g/mol. The molecule has 0 spiro atoms. The summed E-state index contributed by atoms with van der Waals surface area (Å²) < 4.78 is 5.08. The van der Waals surface area contributed by atoms with Crippen LogP contribution in [-0.2, 0) is 14.4 Å². The standard InChI is InChI=1S/C19H18N6O7S2/c20-10(7-1-3-9(26)4-2-7)14(28)22-11-16(29)25-12(18(30)31)8(5-33-17(11)25)6-34-19-24-23-15(32-19)13(21)27/h1-4,10-11,17,26H,5-6,20H2,(H2,21,27)(H,22,28)(H,30,31)/t10-,11?,17-/m1/s1. The Bertz CT molecular complexity index is 1200. The number of benzene rings is 1. The number of carbonyl (C=O) groups is 4. The quantitative estimate of drug-likeness (QED) is 0.224. The average molecular weight is 507 g/mol. The van der Waals surface area contributed by atoms with Crippen LogP contribution in [-0.4, -0.2) is 71.9 Å². The predicted octanol–water partition coefficient (Wildman–Crippen LogP) is -0.595. The number of carboxylic acids is 1. The molecule has 0 saturated carbocycles. The van der Waals surface area contributed by atoms with Gasteiger partial charge in [0.2, 0.25) is 5.91 Å². The van der Waals surface area contributed by atoms with E-state index in [1.165, 1.54) is 36.0 Å². The van der Waals surface area contributed by atoms with E-state index in [1.807, 2.05) is 0 Å². The average Bonchev–Trinajstić information content (AvgIpc) is 3.29. The zero-order valence-electron chi connectivity index (χ0n) is 17.2. The molecule has 1 aromatic heterocycles. The van der Waals surface area contributed by atoms with Crippen molar-refractivity contribution in [3.63, 3.8) is 0 Å². The molecule has 1 unspecified atom stereocenters. The molecule has 34 heavy (non-hydrogen) atoms. The molecule has 0 radical (unpaired) electrons. The van der Waals surface area contributed by atoms with Crippen LogP contribution in [0.3, 0.4) is 0 Å². The van der Waals surface area contributed by atoms with Crippen molar-refractivity contribution in [1.29, 1.82) is 0 Å². The maximum absolute atomic E-state index is 12.8. The molecule has 2 aromatic rings. The summed E-state index contributed by atoms with van der Waals surface area (Å²) in [6.07, 6.45) is 0. The highest BCUT2D eigenvalue weighted by molar-refractivity contribution is 8.01. The Morgan fingerprint density at radius 2 is 2.00 bits per heavy atom. The Labute approximate surface area is 199 Å². The molecule has 4 rings (SSSR count). The molecule has 3 amide bonds. The number of amides is 3. The number of phenolic OH excluding ortho intramolecular Hbond substituents is 1. The van der Waals surface area contributed by atoms with Gasteiger partial charge in [-0.3, -0.25) is 19.3 Å². The van der Waals surface area contributed by atoms with Gasteiger partial charge < -0.3 is 31.4 Å². The number of thioether (sulfide) groups is 2. The third-order valence-corrected chi connectivity index (χ3v) is 7.31. The maximum Gasteiger partial charge on any atom is 0.352 e. The van der Waals surface area contributed by atoms with Crippen molar-refractivity contribution in [2.75, 3.05) is 11.5 Å². The van der Waals surface area contributed by atoms with E-state index in [0.29, 0.717) is 11.1 Å². The van der Waals surface area contributed by atoms with Crippen LogP contribution in [0.4, 0.5) is 0 Å². The summed E-state index contributed by atoms with van der Waals surface area (Å²) in [4.78, 5) is 49.5. The molecule has 1 aromatic carbocycles. The number of nitrogens with two attached hydrogens (primary N) is 2. The number of primary amides is 1. The molecule has 1 saturated heterocycles. The van der Waals surface area contributed by atoms with Crippen molar-refractivity contribution in [3.05, 3.63) is 47.0 Å². The van der Waals surface area contributed by atoms with Gasteiger partial charge in [0.05, 0.1) is 0 Å². The summed E-state index contributed by atoms with van der Waals surface area (Å²) in [5.41, 5.74) is 11.7. The van der Waals surface area contributed by atoms with Crippen LogP contribution >= 0.6 is 23.5 Å². The molecule has 3 heterocycles. The Hall–Kier alpha value is -3.56. The molecule has 2 aliphatic rings. The Morgan fingerprint density at radius 1 is 1.29 bits per heavy atom. The molecule has 2 aliphatic heterocycles. The molecule has 1 fully saturated rings. The lowest BCUT2D eigenvalue weighted by molar-refractivity contribution is -0.150. The third-order valence-electron chi connectivity index (χ3n) is 5.07. The summed E-state index contributed by atoms with van der Waals surface area (Å²) in [5.74, 6) is -3.30. The van der Waals surface area contributed by atoms with Crippen LogP contribution in [0.2, 0.25) is 0 Å². The Balaban J connectivity index is 1.44. The van der Waals surface area contributed by atoms with Gasteiger partial charge >= 0.3 is 17.8 Å². The van der Waals surface area contributed by atoms with Crippen molar-refractivity contribution in [2.45, 2.75) is 22.7 Å². The van der Waals surface area contributed by atoms with E-state index in [2.05, 4.69) is 15.5 Å². The maximum atomic E-state index is 12.8. The second-order valence-electron chi connectivity index (χ2n) is 7.25. The summed E-state index contributed by atoms with van der Waals surface area (Å²) >= 11 is 2.30. The zero-order chi connectivity index (χ0) is 24.6. The fourth-order valence-electron chi connectivity index (χ4n) is 3.39. The predicted molar refractivity (Wildman–Crippen MR) is 118 cm³/mol. The minimum Gasteiger partial charge on any atom is -0.508 e. The minimum absolute atomic E-state index is 0.0223. The zero-order valence-corrected chi connectivity index (χ0v) is 18.8. The van der Waals surface area contributed by atoms with E-state index >= 15 is 0 Å². The van der Waals surface area contributed by atoms with Crippen LogP contribution < -0.4 is 16.8 Å². The number of hydrogen-bond acceptors (Lipinski definition) is 11. The number of β-lactam (4-membered cyclic amide) rings is 1. The molecular formula is C19H18N6O7S2. The SMILES string of the molecule is NC(=O)c1nnc(SCC2=C(C(=O)O)N3C(=O)C(NC(=O)[C@H](N)c4ccc(O)cc4)[C@H]3SC2)o1. The lowest BCUT2D eigenvalue weighted by Gasteiger charge is -2.49. The van der Waals surface area contributed by atoms with E-state index < -0.39 is 41.1 Å². The number of rotatable bonds is 8.